The minimum absolute atomic E-state index is 0. The lowest BCUT2D eigenvalue weighted by molar-refractivity contribution is -0.130. The standard InChI is InChI=1S/C24H37N5O4.152H2/c1-6-29(12-9-11-26-23(30)19-10-8-13-32-19)24-27-18-15-21(33-16(3)4)20(31-7-2)14-17(18)22(25-5)28-24;;;;;;;;;;;;;;;;;;;;;;;;;;;;;;;;;;;;;;;;;;;;;;;;;;;;;;;;;;;;;;;;;;;;;;;;;;;;;;;;;;;;;;;;;;;;;;;;;;;;;;;;;;;;;;;;;;;;;;;;;;;;;;;;;;;;;;;;;;;;;;;;;;;;;;;;/h14-16,19H,6-13H2,1-5H3,(H,26,30)(H,25,27,28);152*1H. The summed E-state index contributed by atoms with van der Waals surface area (Å²) in [6, 6.07) is 3.85. The summed E-state index contributed by atoms with van der Waals surface area (Å²) >= 11 is 0. The average molecular weight is 766 g/mol. The normalized spacial score (nSPS) is 15.6. The molecular weight excluding hydrogens is 422 g/mol. The Morgan fingerprint density at radius 2 is 2.12 bits per heavy atom. The number of carbonyl (C=O) groups excluding carboxylic acids is 1. The maximum Gasteiger partial charge on any atom is 0.249 e. The van der Waals surface area contributed by atoms with Gasteiger partial charge >= 0.3 is 0 Å². The number of ether oxygens (including phenoxy) is 3. The zero-order valence-corrected chi connectivity index (χ0v) is 20.4. The lowest BCUT2D eigenvalue weighted by atomic mass is 10.2. The molecule has 0 spiro atoms. The predicted octanol–water partition coefficient (Wildman–Crippen LogP) is 40.8. The van der Waals surface area contributed by atoms with Crippen LogP contribution in [0.15, 0.2) is 12.1 Å². The van der Waals surface area contributed by atoms with Crippen molar-refractivity contribution < 1.29 is 236 Å². The first kappa shape index (κ1) is 24.8. The molecule has 3 rings (SSSR count). The maximum absolute atomic E-state index is 12.1. The largest absolute Gasteiger partial charge is 0.490 e. The van der Waals surface area contributed by atoms with Gasteiger partial charge in [-0.05, 0) is 53.0 Å². The fourth-order valence-electron chi connectivity index (χ4n) is 3.85. The summed E-state index contributed by atoms with van der Waals surface area (Å²) < 4.78 is 17.2. The lowest BCUT2D eigenvalue weighted by Gasteiger charge is -2.23. The molecule has 0 aliphatic carbocycles. The fraction of sp³-hybridized carbons (Fsp3) is 0.625. The van der Waals surface area contributed by atoms with Gasteiger partial charge in [-0.1, -0.05) is 0 Å². The van der Waals surface area contributed by atoms with Crippen molar-refractivity contribution in [1.29, 1.82) is 0 Å². The van der Waals surface area contributed by atoms with Crippen LogP contribution in [-0.2, 0) is 9.53 Å². The molecule has 1 aromatic heterocycles. The number of hydrogen-bond acceptors (Lipinski definition) is 8. The van der Waals surface area contributed by atoms with Crippen LogP contribution in [0, 0.1) is 0 Å². The smallest absolute Gasteiger partial charge is 0.249 e. The van der Waals surface area contributed by atoms with Crippen LogP contribution in [0.4, 0.5) is 11.8 Å². The molecule has 2 aromatic rings. The van der Waals surface area contributed by atoms with Crippen molar-refractivity contribution in [2.75, 3.05) is 50.1 Å². The van der Waals surface area contributed by atoms with Crippen LogP contribution >= 0.6 is 0 Å². The summed E-state index contributed by atoms with van der Waals surface area (Å²) in [6.45, 7) is 11.3. The van der Waals surface area contributed by atoms with Gasteiger partial charge in [-0.2, -0.15) is 4.98 Å². The van der Waals surface area contributed by atoms with E-state index in [1.807, 2.05) is 40.0 Å². The number of rotatable bonds is 12. The molecule has 486 valence electrons. The van der Waals surface area contributed by atoms with Gasteiger partial charge in [0.2, 0.25) is 11.9 Å². The quantitative estimate of drug-likeness (QED) is 0.206. The van der Waals surface area contributed by atoms with Crippen LogP contribution in [-0.4, -0.2) is 68.0 Å². The number of benzene rings is 1. The third-order valence-electron chi connectivity index (χ3n) is 5.44. The van der Waals surface area contributed by atoms with Crippen LogP contribution in [0.2, 0.25) is 0 Å². The molecule has 1 aromatic carbocycles. The van der Waals surface area contributed by atoms with Crippen LogP contribution in [0.3, 0.4) is 0 Å². The first-order valence-corrected chi connectivity index (χ1v) is 11.9. The molecule has 0 bridgehead atoms. The predicted molar refractivity (Wildman–Crippen MR) is 452 cm³/mol. The Hall–Kier alpha value is -2.81. The van der Waals surface area contributed by atoms with E-state index in [9.17, 15) is 4.79 Å². The number of amides is 1. The SMILES string of the molecule is CCOc1cc2c(NC)nc(N(CC)CCCNC(=O)C3CCCO3)nc2cc1OC(C)C.[HH].[HH].[HH].[HH].[HH].[HH].[HH].[HH].[HH].[HH].[HH].[HH].[HH].[HH].[HH].[HH].[HH].[HH].[HH].[HH].[HH].[HH].[HH].[HH].[HH].[HH].[HH].[HH].[HH].[HH].[HH].[HH].[HH].[HH].[HH].[HH].[HH].[HH].[HH].[HH].[HH].[HH].[HH].[HH].[HH].[HH].[HH].[HH].[HH].[HH].[HH].[HH].[HH].[HH].[HH].[HH].[HH].[HH].[HH].[HH].[HH].[HH].[HH].[HH].[HH].[HH].[HH].[HH].[HH].[HH].[HH].[HH].[HH].[HH].[HH].[HH].[HH].[HH].[HH].[HH].[HH].[HH].[HH].[HH].[HH].[HH].[HH].[HH].[HH].[HH].[HH].[HH].[HH].[HH].[HH].[HH].[HH].[HH].[HH].[HH].[HH].[HH].[HH].[HH].[HH].[HH].[HH].[HH].[HH].[HH].[HH].[HH].[HH].[HH].[HH].[HH].[HH].[HH].[HH].[HH].[HH].[HH].[HH].[HH].[HH].[HH].[HH].[HH].[HH].[HH].[HH].[HH].[HH].[HH].[HH].[HH].[HH].[HH].[HH].[HH].[HH].[HH].[HH].[HH].[HH].[HH].[HH].[HH].[HH].[HH].[HH].[HH]. The zero-order valence-electron chi connectivity index (χ0n) is 20.4. The summed E-state index contributed by atoms with van der Waals surface area (Å²) in [7, 11) is 1.85. The van der Waals surface area contributed by atoms with Gasteiger partial charge in [0.1, 0.15) is 11.9 Å². The Bertz CT molecular complexity index is 1060. The monoisotopic (exact) mass is 766 g/mol. The van der Waals surface area contributed by atoms with Crippen molar-refractivity contribution in [1.82, 2.24) is 15.3 Å². The van der Waals surface area contributed by atoms with Gasteiger partial charge in [0.05, 0.1) is 18.2 Å². The number of nitrogens with zero attached hydrogens (tertiary/aromatic N) is 3. The highest BCUT2D eigenvalue weighted by Crippen LogP contribution is 2.36. The zero-order chi connectivity index (χ0) is 23.8. The van der Waals surface area contributed by atoms with E-state index in [1.165, 1.54) is 0 Å². The topological polar surface area (TPSA) is 97.8 Å². The van der Waals surface area contributed by atoms with Gasteiger partial charge in [0.25, 0.3) is 0 Å². The minimum atomic E-state index is -0.293. The number of hydrogen-bond donors (Lipinski definition) is 2. The van der Waals surface area contributed by atoms with Crippen molar-refractivity contribution in [2.24, 2.45) is 0 Å². The van der Waals surface area contributed by atoms with Crippen molar-refractivity contribution in [2.45, 2.75) is 59.2 Å². The number of nitrogens with one attached hydrogen (secondary N) is 2. The van der Waals surface area contributed by atoms with Gasteiger partial charge in [-0.15, -0.1) is 0 Å². The molecule has 9 heteroatoms. The molecule has 2 heterocycles. The summed E-state index contributed by atoms with van der Waals surface area (Å²) in [4.78, 5) is 23.8. The molecule has 9 nitrogen and oxygen atoms in total. The van der Waals surface area contributed by atoms with Gasteiger partial charge in [0, 0.05) is 262 Å². The van der Waals surface area contributed by atoms with Gasteiger partial charge in [0.15, 0.2) is 11.5 Å². The van der Waals surface area contributed by atoms with Crippen LogP contribution in [0.5, 0.6) is 11.5 Å². The molecule has 0 saturated carbocycles. The minimum Gasteiger partial charge on any atom is -0.490 e. The lowest BCUT2D eigenvalue weighted by Crippen LogP contribution is -2.36. The third-order valence-corrected chi connectivity index (χ3v) is 5.44. The van der Waals surface area contributed by atoms with Crippen molar-refractivity contribution in [3.05, 3.63) is 12.1 Å². The van der Waals surface area contributed by atoms with E-state index in [0.29, 0.717) is 37.2 Å². The Balaban J connectivity index is -0.000000000545. The van der Waals surface area contributed by atoms with E-state index in [0.717, 1.165) is 49.1 Å². The fourth-order valence-corrected chi connectivity index (χ4v) is 3.85. The van der Waals surface area contributed by atoms with Crippen molar-refractivity contribution in [3.8, 4) is 11.5 Å². The molecule has 33 heavy (non-hydrogen) atoms. The molecule has 1 aliphatic rings. The molecule has 1 fully saturated rings. The highest BCUT2D eigenvalue weighted by molar-refractivity contribution is 5.92. The van der Waals surface area contributed by atoms with E-state index < -0.39 is 0 Å². The summed E-state index contributed by atoms with van der Waals surface area (Å²) in [5.41, 5.74) is 0.786. The summed E-state index contributed by atoms with van der Waals surface area (Å²) in [5, 5.41) is 7.04. The summed E-state index contributed by atoms with van der Waals surface area (Å²) in [5.74, 6) is 2.71. The van der Waals surface area contributed by atoms with E-state index in [1.54, 1.807) is 0 Å². The number of fused-ring (bicyclic) bond motifs is 1. The highest BCUT2D eigenvalue weighted by Gasteiger charge is 2.23. The molecule has 1 aliphatic heterocycles. The van der Waals surface area contributed by atoms with E-state index in [2.05, 4.69) is 22.5 Å². The first-order chi connectivity index (χ1) is 16.0. The van der Waals surface area contributed by atoms with Gasteiger partial charge in [-0.3, -0.25) is 4.79 Å². The van der Waals surface area contributed by atoms with E-state index in [-0.39, 0.29) is 235 Å². The van der Waals surface area contributed by atoms with Crippen molar-refractivity contribution in [3.63, 3.8) is 0 Å². The number of aromatic nitrogens is 2. The molecule has 1 saturated heterocycles. The van der Waals surface area contributed by atoms with Crippen LogP contribution in [0.1, 0.15) is 264 Å². The Kier molecular flexibility index (Phi) is 8.94. The molecule has 1 amide bonds. The maximum atomic E-state index is 12.1. The molecule has 2 N–H and O–H groups in total. The second-order valence-electron chi connectivity index (χ2n) is 8.26. The van der Waals surface area contributed by atoms with Gasteiger partial charge < -0.3 is 29.7 Å². The third kappa shape index (κ3) is 6.37. The average Bonchev–Trinajstić information content (AvgIpc) is 3.34. The Labute approximate surface area is 421 Å². The molecule has 0 radical (unpaired) electrons. The van der Waals surface area contributed by atoms with E-state index >= 15 is 0 Å². The Morgan fingerprint density at radius 1 is 1.30 bits per heavy atom. The molecule has 1 unspecified atom stereocenters. The highest BCUT2D eigenvalue weighted by atomic mass is 16.5. The van der Waals surface area contributed by atoms with Crippen molar-refractivity contribution >= 4 is 28.6 Å². The van der Waals surface area contributed by atoms with E-state index in [4.69, 9.17) is 24.2 Å². The Morgan fingerprint density at radius 3 is 2.76 bits per heavy atom. The van der Waals surface area contributed by atoms with Gasteiger partial charge in [-0.25, -0.2) is 4.98 Å². The first-order valence-electron chi connectivity index (χ1n) is 11.9. The second-order valence-corrected chi connectivity index (χ2v) is 8.26. The van der Waals surface area contributed by atoms with Crippen LogP contribution in [0.25, 0.3) is 10.9 Å². The summed E-state index contributed by atoms with van der Waals surface area (Å²) in [6.07, 6.45) is 2.26. The molecular formula is C24H341N5O4. The second kappa shape index (κ2) is 11.9. The molecule has 1 atom stereocenters. The number of anilines is 2. The number of carbonyl (C=O) groups is 1. The van der Waals surface area contributed by atoms with Crippen LogP contribution < -0.4 is 25.0 Å².